The van der Waals surface area contributed by atoms with Crippen LogP contribution in [0.5, 0.6) is 51.7 Å². The maximum absolute atomic E-state index is 13.7. The lowest BCUT2D eigenvalue weighted by atomic mass is 9.82. The molecular formula is C109H146N8O25. The Morgan fingerprint density at radius 3 is 1.12 bits per heavy atom. The van der Waals surface area contributed by atoms with Gasteiger partial charge in [-0.3, -0.25) is 81.8 Å². The average Bonchev–Trinajstić information content (AvgIpc) is 1.47. The number of piperidine rings is 4. The molecule has 11 unspecified atom stereocenters. The molecule has 142 heavy (non-hydrogen) atoms. The van der Waals surface area contributed by atoms with Crippen LogP contribution in [-0.2, 0) is 81.5 Å². The molecule has 9 aliphatic heterocycles. The fourth-order valence-electron chi connectivity index (χ4n) is 20.4. The van der Waals surface area contributed by atoms with Gasteiger partial charge < -0.3 is 76.6 Å². The van der Waals surface area contributed by atoms with Crippen molar-refractivity contribution >= 4 is 82.1 Å². The van der Waals surface area contributed by atoms with Crippen LogP contribution in [0.15, 0.2) is 140 Å². The first-order valence-corrected chi connectivity index (χ1v) is 47.6. The van der Waals surface area contributed by atoms with Crippen LogP contribution in [0.3, 0.4) is 0 Å². The minimum absolute atomic E-state index is 0. The summed E-state index contributed by atoms with van der Waals surface area (Å²) in [6.07, 6.45) is 17.7. The fourth-order valence-corrected chi connectivity index (χ4v) is 20.4. The minimum Gasteiger partial charge on any atom is -0.493 e. The van der Waals surface area contributed by atoms with E-state index in [0.29, 0.717) is 114 Å². The number of hydrogen-bond acceptors (Lipinski definition) is 26. The zero-order chi connectivity index (χ0) is 99.4. The summed E-state index contributed by atoms with van der Waals surface area (Å²) in [5, 5.41) is 0. The van der Waals surface area contributed by atoms with E-state index in [1.807, 2.05) is 66.4 Å². The zero-order valence-corrected chi connectivity index (χ0v) is 81.4. The second-order valence-corrected chi connectivity index (χ2v) is 36.1. The molecule has 33 heteroatoms. The Bertz CT molecular complexity index is 5320. The second kappa shape index (κ2) is 52.2. The number of piperazine rings is 4. The number of fused-ring (bicyclic) bond motifs is 7. The van der Waals surface area contributed by atoms with Crippen molar-refractivity contribution in [3.05, 3.63) is 173 Å². The molecule has 0 radical (unpaired) electrons. The molecule has 9 saturated heterocycles. The van der Waals surface area contributed by atoms with E-state index in [1.165, 1.54) is 142 Å². The molecule has 9 heterocycles. The lowest BCUT2D eigenvalue weighted by molar-refractivity contribution is -0.186. The second-order valence-electron chi connectivity index (χ2n) is 36.1. The molecule has 772 valence electrons. The van der Waals surface area contributed by atoms with Crippen LogP contribution in [0.25, 0.3) is 0 Å². The number of benzene rings is 6. The fraction of sp³-hybridized carbons (Fsp3) is 0.523. The van der Waals surface area contributed by atoms with E-state index in [4.69, 9.17) is 52.1 Å². The van der Waals surface area contributed by atoms with E-state index in [1.54, 1.807) is 36.8 Å². The Morgan fingerprint density at radius 2 is 0.739 bits per heavy atom. The first-order valence-electron chi connectivity index (χ1n) is 47.6. The Hall–Kier alpha value is -12.9. The lowest BCUT2D eigenvalue weighted by Gasteiger charge is -2.52. The summed E-state index contributed by atoms with van der Waals surface area (Å²) in [6.45, 7) is 11.0. The van der Waals surface area contributed by atoms with E-state index in [-0.39, 0.29) is 130 Å². The Balaban J connectivity index is 0.000000231. The van der Waals surface area contributed by atoms with Crippen LogP contribution in [0.2, 0.25) is 0 Å². The molecule has 0 aromatic heterocycles. The van der Waals surface area contributed by atoms with Gasteiger partial charge in [-0.05, 0) is 194 Å². The van der Waals surface area contributed by atoms with Gasteiger partial charge in [0.05, 0.1) is 95.3 Å². The standard InChI is InChI=1S/C29H36N2O7.C29H34N2O7.C24H32N2O4.C23H28N2O7.4CH4/c1-35-23-17-20(18-24(36-2)26(23)37-3)25(32)28(34)31-21-14-10-15-22(31)29(38-4)30(27(21)33)16-9-8-13-19-11-6-5-7-12-19;1-36-23-17-20(18-24(37-2)26(23)38-3)25(32)29(35)31-21-14-10-15-22(31)28(34)30(27(21)33)16-9-5-8-13-19-11-6-4-7-12-19;1-4-24(2,3)20(27)23(30)26-18-14-10-15-19(26)22(29)25(21(18)28)16-9-8-13-17-11-6-5-7-12-17;1-5-10-32-11-9-24-22(28)15-7-6-8-18-23(24,25(15)18)21(27)19(26)14-12-16(29-2)20(31-4)17(13-14)30-3;;;;/h5-7,11-12,17-18,21-22,29H,8-10,13-16H2,1-4H3;4,6-7,11-12,17-18,21-22H,5,8-10,13-16H2,1-3H3;5-7,11-12,18-19H,4,8-10,13-16H2,1-3H3;5,12-13,15,18H,1,6-11H2,2-4H3;4*1H4. The number of carbonyl (C=O) groups excluding carboxylic acids is 14. The van der Waals surface area contributed by atoms with E-state index in [0.717, 1.165) is 77.0 Å². The Labute approximate surface area is 835 Å². The van der Waals surface area contributed by atoms with Crippen molar-refractivity contribution in [2.75, 3.05) is 110 Å². The molecule has 6 aromatic rings. The SMILES string of the molecule is C.C.C.C.C=CCOCCN1C(=O)C2CCCC3N2C31C(=O)C(=O)c1cc(OC)c(OC)c(OC)c1.CCC(C)(C)C(=O)C(=O)N1C2CCCC1C(=O)N(CCCCc1ccccc1)C2=O.COc1cc(C(=O)C(=O)N2C3CCCC2C(=O)N(CCCCCc2ccccc2)C3=O)cc(OC)c1OC.COc1cc(C(=O)C(=O)N2C3CCCC2C(OC)N(CCCCc2ccccc2)C3=O)cc(OC)c1OC. The molecule has 0 spiro atoms. The Kier molecular flexibility index (Phi) is 42.1. The summed E-state index contributed by atoms with van der Waals surface area (Å²) >= 11 is 0. The van der Waals surface area contributed by atoms with Crippen LogP contribution < -0.4 is 42.6 Å². The van der Waals surface area contributed by atoms with E-state index in [2.05, 4.69) is 43.0 Å². The Morgan fingerprint density at radius 1 is 0.394 bits per heavy atom. The van der Waals surface area contributed by atoms with E-state index >= 15 is 0 Å². The molecular weight excluding hydrogens is 1820 g/mol. The third-order valence-electron chi connectivity index (χ3n) is 27.8. The van der Waals surface area contributed by atoms with E-state index in [9.17, 15) is 67.1 Å². The number of Topliss-reactive ketones (excluding diaryl/α,β-unsaturated/α-hetero) is 5. The van der Waals surface area contributed by atoms with Crippen LogP contribution in [0.1, 0.15) is 227 Å². The van der Waals surface area contributed by atoms with Crippen LogP contribution in [0.4, 0.5) is 0 Å². The predicted octanol–water partition coefficient (Wildman–Crippen LogP) is 14.0. The number of nitrogens with zero attached hydrogens (tertiary/aromatic N) is 8. The molecule has 6 bridgehead atoms. The number of methoxy groups -OCH3 is 10. The molecule has 0 aliphatic carbocycles. The smallest absolute Gasteiger partial charge is 0.296 e. The van der Waals surface area contributed by atoms with Crippen LogP contribution in [0, 0.1) is 5.41 Å². The normalized spacial score (nSPS) is 21.4. The number of hydrogen-bond donors (Lipinski definition) is 0. The van der Waals surface area contributed by atoms with Gasteiger partial charge in [0.2, 0.25) is 46.4 Å². The number of amides is 9. The lowest BCUT2D eigenvalue weighted by Crippen LogP contribution is -2.70. The maximum Gasteiger partial charge on any atom is 0.296 e. The molecule has 9 amide bonds. The first-order chi connectivity index (χ1) is 66.6. The third kappa shape index (κ3) is 24.0. The predicted molar refractivity (Wildman–Crippen MR) is 535 cm³/mol. The summed E-state index contributed by atoms with van der Waals surface area (Å²) in [5.74, 6) is -4.91. The van der Waals surface area contributed by atoms with Gasteiger partial charge in [0.1, 0.15) is 30.2 Å². The first kappa shape index (κ1) is 114. The van der Waals surface area contributed by atoms with Crippen molar-refractivity contribution in [2.45, 2.75) is 258 Å². The van der Waals surface area contributed by atoms with Gasteiger partial charge in [-0.1, -0.05) is 154 Å². The average molecular weight is 1970 g/mol. The molecule has 9 fully saturated rings. The molecule has 0 saturated carbocycles. The van der Waals surface area contributed by atoms with Crippen molar-refractivity contribution in [1.29, 1.82) is 0 Å². The number of aryl methyl sites for hydroxylation is 3. The number of ketones is 5. The van der Waals surface area contributed by atoms with E-state index < -0.39 is 112 Å². The third-order valence-corrected chi connectivity index (χ3v) is 27.8. The highest BCUT2D eigenvalue weighted by Gasteiger charge is 2.81. The molecule has 9 aliphatic rings. The topological polar surface area (TPSA) is 366 Å². The molecule has 33 nitrogen and oxygen atoms in total. The van der Waals surface area contributed by atoms with Crippen molar-refractivity contribution in [1.82, 2.24) is 39.2 Å². The number of rotatable bonds is 41. The summed E-state index contributed by atoms with van der Waals surface area (Å²) in [6, 6.07) is 34.6. The largest absolute Gasteiger partial charge is 0.493 e. The van der Waals surface area contributed by atoms with Gasteiger partial charge in [0.15, 0.2) is 46.4 Å². The zero-order valence-electron chi connectivity index (χ0n) is 81.4. The highest BCUT2D eigenvalue weighted by Crippen LogP contribution is 2.58. The van der Waals surface area contributed by atoms with Crippen LogP contribution in [-0.4, -0.2) is 292 Å². The number of unbranched alkanes of at least 4 members (excludes halogenated alkanes) is 4. The minimum atomic E-state index is -1.23. The summed E-state index contributed by atoms with van der Waals surface area (Å²) < 4.78 is 59.1. The maximum atomic E-state index is 13.7. The highest BCUT2D eigenvalue weighted by atomic mass is 16.5. The summed E-state index contributed by atoms with van der Waals surface area (Å²) in [7, 11) is 14.5. The van der Waals surface area contributed by atoms with Crippen molar-refractivity contribution < 1.29 is 119 Å². The number of imide groups is 2. The van der Waals surface area contributed by atoms with Gasteiger partial charge in [-0.15, -0.1) is 6.58 Å². The van der Waals surface area contributed by atoms with Gasteiger partial charge in [0, 0.05) is 55.4 Å². The summed E-state index contributed by atoms with van der Waals surface area (Å²) in [4.78, 5) is 198. The number of carbonyl (C=O) groups is 14. The monoisotopic (exact) mass is 1970 g/mol. The molecule has 11 atom stereocenters. The number of likely N-dealkylation sites (tertiary alicyclic amines) is 4. The van der Waals surface area contributed by atoms with Crippen molar-refractivity contribution in [3.8, 4) is 51.7 Å². The van der Waals surface area contributed by atoms with Gasteiger partial charge in [0.25, 0.3) is 52.9 Å². The van der Waals surface area contributed by atoms with Crippen molar-refractivity contribution in [2.24, 2.45) is 5.41 Å². The summed E-state index contributed by atoms with van der Waals surface area (Å²) in [5.41, 5.74) is 2.00. The van der Waals surface area contributed by atoms with Gasteiger partial charge >= 0.3 is 0 Å². The molecule has 15 rings (SSSR count). The molecule has 0 N–H and O–H groups in total. The van der Waals surface area contributed by atoms with Crippen molar-refractivity contribution in [3.63, 3.8) is 0 Å². The van der Waals surface area contributed by atoms with Gasteiger partial charge in [-0.25, -0.2) is 0 Å². The molecule has 6 aromatic carbocycles. The quantitative estimate of drug-likeness (QED) is 0.00859. The van der Waals surface area contributed by atoms with Gasteiger partial charge in [-0.2, -0.15) is 0 Å². The highest BCUT2D eigenvalue weighted by molar-refractivity contribution is 6.48. The van der Waals surface area contributed by atoms with Crippen LogP contribution >= 0.6 is 0 Å². The number of ether oxygens (including phenoxy) is 11.